The molecule has 1 saturated heterocycles. The molecule has 0 unspecified atom stereocenters. The largest absolute Gasteiger partial charge is 0.308 e. The molecule has 0 atom stereocenters. The number of rotatable bonds is 7. The van der Waals surface area contributed by atoms with Crippen molar-refractivity contribution in [3.8, 4) is 0 Å². The quantitative estimate of drug-likeness (QED) is 0.396. The van der Waals surface area contributed by atoms with E-state index < -0.39 is 0 Å². The minimum Gasteiger partial charge on any atom is -0.308 e. The SMILES string of the molecule is CCCCN1C(=O)/C(=C2/SC(=NCc3ccccc3)N(Cc3ccccc3)C2=O)c2ccccc21. The Bertz CT molecular complexity index is 1300. The van der Waals surface area contributed by atoms with E-state index in [0.717, 1.165) is 35.2 Å². The van der Waals surface area contributed by atoms with Gasteiger partial charge >= 0.3 is 0 Å². The third kappa shape index (κ3) is 4.66. The van der Waals surface area contributed by atoms with E-state index in [-0.39, 0.29) is 11.8 Å². The molecule has 3 aromatic rings. The Morgan fingerprint density at radius 3 is 2.14 bits per heavy atom. The Hall–Kier alpha value is -3.64. The summed E-state index contributed by atoms with van der Waals surface area (Å²) in [6.45, 7) is 3.63. The van der Waals surface area contributed by atoms with Gasteiger partial charge in [0.2, 0.25) is 0 Å². The fraction of sp³-hybridized carbons (Fsp3) is 0.207. The van der Waals surface area contributed by atoms with E-state index in [1.54, 1.807) is 4.90 Å². The summed E-state index contributed by atoms with van der Waals surface area (Å²) in [5.74, 6) is -0.263. The van der Waals surface area contributed by atoms with Crippen molar-refractivity contribution in [2.45, 2.75) is 32.9 Å². The van der Waals surface area contributed by atoms with Crippen LogP contribution in [0.25, 0.3) is 5.57 Å². The number of para-hydroxylation sites is 1. The third-order valence-corrected chi connectivity index (χ3v) is 7.29. The molecule has 2 amide bonds. The first-order valence-corrected chi connectivity index (χ1v) is 12.8. The number of benzene rings is 3. The molecule has 2 heterocycles. The van der Waals surface area contributed by atoms with Gasteiger partial charge in [-0.25, -0.2) is 0 Å². The number of nitrogens with zero attached hydrogens (tertiary/aromatic N) is 3. The number of hydrogen-bond acceptors (Lipinski definition) is 4. The van der Waals surface area contributed by atoms with Crippen LogP contribution < -0.4 is 4.90 Å². The van der Waals surface area contributed by atoms with E-state index in [4.69, 9.17) is 4.99 Å². The van der Waals surface area contributed by atoms with Crippen molar-refractivity contribution in [2.24, 2.45) is 4.99 Å². The zero-order chi connectivity index (χ0) is 24.2. The number of carbonyl (C=O) groups is 2. The van der Waals surface area contributed by atoms with Gasteiger partial charge in [0.1, 0.15) is 0 Å². The Morgan fingerprint density at radius 1 is 0.771 bits per heavy atom. The minimum absolute atomic E-state index is 0.0977. The second kappa shape index (κ2) is 10.3. The first kappa shape index (κ1) is 23.1. The Kier molecular flexibility index (Phi) is 6.82. The molecule has 0 spiro atoms. The third-order valence-electron chi connectivity index (χ3n) is 6.17. The van der Waals surface area contributed by atoms with E-state index in [0.29, 0.717) is 35.3 Å². The normalized spacial score (nSPS) is 18.6. The van der Waals surface area contributed by atoms with E-state index >= 15 is 0 Å². The van der Waals surface area contributed by atoms with Crippen molar-refractivity contribution >= 4 is 40.0 Å². The van der Waals surface area contributed by atoms with Gasteiger partial charge in [0.05, 0.1) is 29.3 Å². The lowest BCUT2D eigenvalue weighted by atomic mass is 10.1. The van der Waals surface area contributed by atoms with Crippen LogP contribution in [0.1, 0.15) is 36.5 Å². The van der Waals surface area contributed by atoms with Gasteiger partial charge in [0.25, 0.3) is 11.8 Å². The maximum absolute atomic E-state index is 13.8. The topological polar surface area (TPSA) is 53.0 Å². The highest BCUT2D eigenvalue weighted by Crippen LogP contribution is 2.45. The zero-order valence-corrected chi connectivity index (χ0v) is 20.5. The predicted octanol–water partition coefficient (Wildman–Crippen LogP) is 5.88. The van der Waals surface area contributed by atoms with Gasteiger partial charge in [-0.3, -0.25) is 19.5 Å². The van der Waals surface area contributed by atoms with Gasteiger partial charge < -0.3 is 4.90 Å². The van der Waals surface area contributed by atoms with Gasteiger partial charge in [0.15, 0.2) is 5.17 Å². The molecule has 0 aromatic heterocycles. The minimum atomic E-state index is -0.166. The Morgan fingerprint density at radius 2 is 1.43 bits per heavy atom. The van der Waals surface area contributed by atoms with Crippen molar-refractivity contribution < 1.29 is 9.59 Å². The Labute approximate surface area is 210 Å². The number of aliphatic imine (C=N–C) groups is 1. The first-order chi connectivity index (χ1) is 17.2. The van der Waals surface area contributed by atoms with Crippen molar-refractivity contribution in [3.05, 3.63) is 107 Å². The molecule has 5 rings (SSSR count). The van der Waals surface area contributed by atoms with E-state index in [9.17, 15) is 9.59 Å². The molecule has 0 aliphatic carbocycles. The van der Waals surface area contributed by atoms with Gasteiger partial charge in [0, 0.05) is 12.1 Å². The van der Waals surface area contributed by atoms with Crippen LogP contribution in [-0.4, -0.2) is 28.4 Å². The van der Waals surface area contributed by atoms with E-state index in [2.05, 4.69) is 6.92 Å². The summed E-state index contributed by atoms with van der Waals surface area (Å²) in [7, 11) is 0. The van der Waals surface area contributed by atoms with E-state index in [1.807, 2.05) is 89.8 Å². The van der Waals surface area contributed by atoms with E-state index in [1.165, 1.54) is 11.8 Å². The number of carbonyl (C=O) groups excluding carboxylic acids is 2. The number of anilines is 1. The van der Waals surface area contributed by atoms with Gasteiger partial charge in [-0.05, 0) is 35.4 Å². The number of thioether (sulfide) groups is 1. The van der Waals surface area contributed by atoms with Crippen LogP contribution in [0.5, 0.6) is 0 Å². The highest BCUT2D eigenvalue weighted by molar-refractivity contribution is 8.18. The van der Waals surface area contributed by atoms with Crippen molar-refractivity contribution in [3.63, 3.8) is 0 Å². The molecule has 2 aliphatic rings. The standard InChI is InChI=1S/C29H27N3O2S/c1-2-3-18-31-24-17-11-10-16-23(24)25(27(31)33)26-28(34)32(20-22-14-8-5-9-15-22)29(35-26)30-19-21-12-6-4-7-13-21/h4-17H,2-3,18-20H2,1H3/b26-25+,30-29?. The Balaban J connectivity index is 1.55. The number of hydrogen-bond donors (Lipinski definition) is 0. The first-order valence-electron chi connectivity index (χ1n) is 11.9. The second-order valence-corrected chi connectivity index (χ2v) is 9.57. The summed E-state index contributed by atoms with van der Waals surface area (Å²) in [6.07, 6.45) is 1.90. The van der Waals surface area contributed by atoms with Crippen LogP contribution in [0, 0.1) is 0 Å². The second-order valence-electron chi connectivity index (χ2n) is 8.59. The number of amides is 2. The maximum atomic E-state index is 13.8. The smallest absolute Gasteiger partial charge is 0.267 e. The summed E-state index contributed by atoms with van der Waals surface area (Å²) in [4.78, 5) is 36.2. The lowest BCUT2D eigenvalue weighted by Crippen LogP contribution is -2.30. The number of fused-ring (bicyclic) bond motifs is 1. The molecular formula is C29H27N3O2S. The van der Waals surface area contributed by atoms with Crippen LogP contribution in [-0.2, 0) is 22.7 Å². The van der Waals surface area contributed by atoms with Crippen molar-refractivity contribution in [1.29, 1.82) is 0 Å². The molecule has 0 N–H and O–H groups in total. The van der Waals surface area contributed by atoms with Crippen LogP contribution >= 0.6 is 11.8 Å². The lowest BCUT2D eigenvalue weighted by Gasteiger charge is -2.16. The summed E-state index contributed by atoms with van der Waals surface area (Å²) in [5.41, 5.74) is 4.29. The van der Waals surface area contributed by atoms with Crippen LogP contribution in [0.2, 0.25) is 0 Å². The molecule has 35 heavy (non-hydrogen) atoms. The van der Waals surface area contributed by atoms with Crippen molar-refractivity contribution in [2.75, 3.05) is 11.4 Å². The van der Waals surface area contributed by atoms with Crippen LogP contribution in [0.15, 0.2) is 94.8 Å². The zero-order valence-electron chi connectivity index (χ0n) is 19.7. The lowest BCUT2D eigenvalue weighted by molar-refractivity contribution is -0.123. The highest BCUT2D eigenvalue weighted by atomic mass is 32.2. The fourth-order valence-electron chi connectivity index (χ4n) is 4.36. The maximum Gasteiger partial charge on any atom is 0.267 e. The van der Waals surface area contributed by atoms with Gasteiger partial charge in [-0.15, -0.1) is 0 Å². The number of unbranched alkanes of at least 4 members (excludes halogenated alkanes) is 1. The molecular weight excluding hydrogens is 454 g/mol. The van der Waals surface area contributed by atoms with Crippen molar-refractivity contribution in [1.82, 2.24) is 4.90 Å². The van der Waals surface area contributed by atoms with Crippen LogP contribution in [0.3, 0.4) is 0 Å². The number of amidine groups is 1. The molecule has 0 bridgehead atoms. The molecule has 3 aromatic carbocycles. The molecule has 0 radical (unpaired) electrons. The average Bonchev–Trinajstić information content (AvgIpc) is 3.35. The monoisotopic (exact) mass is 481 g/mol. The molecule has 1 fully saturated rings. The average molecular weight is 482 g/mol. The predicted molar refractivity (Wildman–Crippen MR) is 143 cm³/mol. The van der Waals surface area contributed by atoms with Gasteiger partial charge in [-0.2, -0.15) is 0 Å². The van der Waals surface area contributed by atoms with Crippen LogP contribution in [0.4, 0.5) is 5.69 Å². The molecule has 0 saturated carbocycles. The molecule has 176 valence electrons. The molecule has 5 nitrogen and oxygen atoms in total. The highest BCUT2D eigenvalue weighted by Gasteiger charge is 2.42. The summed E-state index contributed by atoms with van der Waals surface area (Å²) in [5, 5.41) is 0.627. The van der Waals surface area contributed by atoms with Gasteiger partial charge in [-0.1, -0.05) is 92.2 Å². The summed E-state index contributed by atoms with van der Waals surface area (Å²) < 4.78 is 0. The summed E-state index contributed by atoms with van der Waals surface area (Å²) in [6, 6.07) is 27.6. The summed E-state index contributed by atoms with van der Waals surface area (Å²) >= 11 is 1.31. The molecule has 6 heteroatoms. The fourth-order valence-corrected chi connectivity index (χ4v) is 5.43. The molecule has 2 aliphatic heterocycles.